The summed E-state index contributed by atoms with van der Waals surface area (Å²) in [5.41, 5.74) is -0.176. The molecule has 124 valence electrons. The molecule has 4 nitrogen and oxygen atoms in total. The predicted molar refractivity (Wildman–Crippen MR) is 102 cm³/mol. The highest BCUT2D eigenvalue weighted by Crippen LogP contribution is 2.38. The monoisotopic (exact) mass is 420 g/mol. The molecule has 0 atom stereocenters. The molecule has 3 aromatic rings. The van der Waals surface area contributed by atoms with Crippen LogP contribution < -0.4 is 11.2 Å². The van der Waals surface area contributed by atoms with Gasteiger partial charge in [-0.25, -0.2) is 4.79 Å². The lowest BCUT2D eigenvalue weighted by molar-refractivity contribution is 0.906. The number of hydrogen-bond donors (Lipinski definition) is 0. The van der Waals surface area contributed by atoms with E-state index in [1.807, 2.05) is 0 Å². The Morgan fingerprint density at radius 1 is 0.917 bits per heavy atom. The van der Waals surface area contributed by atoms with Crippen LogP contribution in [-0.4, -0.2) is 11.7 Å². The summed E-state index contributed by atoms with van der Waals surface area (Å²) in [6.07, 6.45) is 0. The SMILES string of the molecule is O=c1c2ccccc2n(-c2ccc(Cl)cc2)c(=O)n1SC(Cl)(Cl)Cl. The number of para-hydroxylation sites is 1. The summed E-state index contributed by atoms with van der Waals surface area (Å²) in [4.78, 5) is 25.5. The van der Waals surface area contributed by atoms with Crippen LogP contribution in [0.25, 0.3) is 16.6 Å². The zero-order chi connectivity index (χ0) is 17.5. The Kier molecular flexibility index (Phi) is 4.91. The van der Waals surface area contributed by atoms with E-state index in [0.717, 1.165) is 3.97 Å². The normalized spacial score (nSPS) is 11.8. The zero-order valence-electron chi connectivity index (χ0n) is 11.7. The number of benzene rings is 2. The standard InChI is InChI=1S/C15H8Cl4N2O2S/c16-9-5-7-10(8-6-9)20-12-4-2-1-3-11(12)13(22)21(14(20)23)24-15(17,18)19/h1-8H. The summed E-state index contributed by atoms with van der Waals surface area (Å²) in [5.74, 6) is 0. The minimum absolute atomic E-state index is 0.328. The average Bonchev–Trinajstić information content (AvgIpc) is 2.52. The van der Waals surface area contributed by atoms with Crippen molar-refractivity contribution in [3.63, 3.8) is 0 Å². The quantitative estimate of drug-likeness (QED) is 0.566. The lowest BCUT2D eigenvalue weighted by Crippen LogP contribution is -2.37. The largest absolute Gasteiger partial charge is 0.346 e. The van der Waals surface area contributed by atoms with Crippen LogP contribution in [0.4, 0.5) is 0 Å². The number of nitrogens with zero attached hydrogens (tertiary/aromatic N) is 2. The Balaban J connectivity index is 2.41. The Morgan fingerprint density at radius 3 is 2.17 bits per heavy atom. The number of hydrogen-bond acceptors (Lipinski definition) is 3. The maximum Gasteiger partial charge on any atom is 0.346 e. The molecule has 9 heteroatoms. The molecule has 0 radical (unpaired) electrons. The molecule has 3 rings (SSSR count). The molecule has 1 aromatic heterocycles. The predicted octanol–water partition coefficient (Wildman–Crippen LogP) is 4.63. The molecular formula is C15H8Cl4N2O2S. The maximum atomic E-state index is 12.9. The van der Waals surface area contributed by atoms with Crippen molar-refractivity contribution in [3.8, 4) is 5.69 Å². The molecule has 0 fully saturated rings. The van der Waals surface area contributed by atoms with Gasteiger partial charge in [0.25, 0.3) is 8.68 Å². The average molecular weight is 422 g/mol. The third-order valence-corrected chi connectivity index (χ3v) is 4.79. The van der Waals surface area contributed by atoms with E-state index >= 15 is 0 Å². The molecular weight excluding hydrogens is 414 g/mol. The van der Waals surface area contributed by atoms with Crippen LogP contribution >= 0.6 is 58.4 Å². The summed E-state index contributed by atoms with van der Waals surface area (Å²) in [5, 5.41) is 0.855. The van der Waals surface area contributed by atoms with Gasteiger partial charge in [-0.3, -0.25) is 9.36 Å². The van der Waals surface area contributed by atoms with Gasteiger partial charge in [-0.1, -0.05) is 58.5 Å². The highest BCUT2D eigenvalue weighted by atomic mass is 35.6. The molecule has 2 aromatic carbocycles. The van der Waals surface area contributed by atoms with Crippen LogP contribution in [0.3, 0.4) is 0 Å². The molecule has 0 aliphatic carbocycles. The molecule has 0 saturated carbocycles. The highest BCUT2D eigenvalue weighted by Gasteiger charge is 2.26. The van der Waals surface area contributed by atoms with Crippen LogP contribution in [0.5, 0.6) is 0 Å². The van der Waals surface area contributed by atoms with Crippen molar-refractivity contribution in [1.29, 1.82) is 0 Å². The summed E-state index contributed by atoms with van der Waals surface area (Å²) >= 11 is 23.7. The fraction of sp³-hybridized carbons (Fsp3) is 0.0667. The van der Waals surface area contributed by atoms with Gasteiger partial charge in [0.1, 0.15) is 0 Å². The second-order valence-electron chi connectivity index (χ2n) is 4.75. The zero-order valence-corrected chi connectivity index (χ0v) is 15.6. The molecule has 24 heavy (non-hydrogen) atoms. The van der Waals surface area contributed by atoms with Gasteiger partial charge in [-0.15, -0.1) is 0 Å². The van der Waals surface area contributed by atoms with Crippen LogP contribution in [-0.2, 0) is 0 Å². The number of halogens is 4. The molecule has 0 N–H and O–H groups in total. The van der Waals surface area contributed by atoms with Gasteiger partial charge in [0.2, 0.25) is 0 Å². The summed E-state index contributed by atoms with van der Waals surface area (Å²) in [6, 6.07) is 13.4. The molecule has 0 saturated heterocycles. The first-order valence-corrected chi connectivity index (χ1v) is 8.85. The van der Waals surface area contributed by atoms with E-state index in [1.165, 1.54) is 4.57 Å². The minimum Gasteiger partial charge on any atom is -0.267 e. The van der Waals surface area contributed by atoms with E-state index in [9.17, 15) is 9.59 Å². The van der Waals surface area contributed by atoms with Gasteiger partial charge in [-0.05, 0) is 36.4 Å². The van der Waals surface area contributed by atoms with E-state index < -0.39 is 14.4 Å². The molecule has 0 spiro atoms. The topological polar surface area (TPSA) is 44.0 Å². The van der Waals surface area contributed by atoms with E-state index in [1.54, 1.807) is 48.5 Å². The third kappa shape index (κ3) is 3.46. The van der Waals surface area contributed by atoms with Crippen molar-refractivity contribution >= 4 is 69.3 Å². The molecule has 0 aliphatic heterocycles. The van der Waals surface area contributed by atoms with Gasteiger partial charge >= 0.3 is 5.69 Å². The Bertz CT molecular complexity index is 1020. The summed E-state index contributed by atoms with van der Waals surface area (Å²) in [6.45, 7) is 0. The maximum absolute atomic E-state index is 12.9. The molecule has 1 heterocycles. The fourth-order valence-electron chi connectivity index (χ4n) is 2.26. The number of aromatic nitrogens is 2. The number of alkyl halides is 3. The lowest BCUT2D eigenvalue weighted by atomic mass is 10.2. The number of fused-ring (bicyclic) bond motifs is 1. The second-order valence-corrected chi connectivity index (χ2v) is 9.30. The van der Waals surface area contributed by atoms with Crippen molar-refractivity contribution < 1.29 is 0 Å². The summed E-state index contributed by atoms with van der Waals surface area (Å²) in [7, 11) is 0. The lowest BCUT2D eigenvalue weighted by Gasteiger charge is -2.16. The van der Waals surface area contributed by atoms with E-state index in [4.69, 9.17) is 46.4 Å². The van der Waals surface area contributed by atoms with Crippen LogP contribution in [0.2, 0.25) is 5.02 Å². The van der Waals surface area contributed by atoms with Gasteiger partial charge in [0, 0.05) is 17.0 Å². The Morgan fingerprint density at radius 2 is 1.54 bits per heavy atom. The molecule has 0 aliphatic rings. The van der Waals surface area contributed by atoms with Gasteiger partial charge in [-0.2, -0.15) is 3.97 Å². The van der Waals surface area contributed by atoms with Crippen LogP contribution in [0.1, 0.15) is 0 Å². The Labute approximate surface area is 160 Å². The molecule has 0 amide bonds. The van der Waals surface area contributed by atoms with Crippen molar-refractivity contribution in [3.05, 3.63) is 74.4 Å². The third-order valence-electron chi connectivity index (χ3n) is 3.20. The molecule has 0 unspecified atom stereocenters. The molecule has 0 bridgehead atoms. The van der Waals surface area contributed by atoms with Crippen molar-refractivity contribution in [1.82, 2.24) is 8.54 Å². The van der Waals surface area contributed by atoms with Gasteiger partial charge in [0.05, 0.1) is 16.6 Å². The first-order valence-electron chi connectivity index (χ1n) is 6.57. The van der Waals surface area contributed by atoms with Crippen molar-refractivity contribution in [2.24, 2.45) is 0 Å². The second kappa shape index (κ2) is 6.65. The summed E-state index contributed by atoms with van der Waals surface area (Å²) < 4.78 is 0.351. The van der Waals surface area contributed by atoms with E-state index in [2.05, 4.69) is 0 Å². The first-order chi connectivity index (χ1) is 11.3. The number of rotatable bonds is 2. The van der Waals surface area contributed by atoms with Crippen LogP contribution in [0.15, 0.2) is 58.1 Å². The van der Waals surface area contributed by atoms with Gasteiger partial charge < -0.3 is 0 Å². The van der Waals surface area contributed by atoms with Crippen molar-refractivity contribution in [2.75, 3.05) is 0 Å². The minimum atomic E-state index is -1.86. The highest BCUT2D eigenvalue weighted by molar-refractivity contribution is 8.03. The van der Waals surface area contributed by atoms with E-state index in [-0.39, 0.29) is 0 Å². The van der Waals surface area contributed by atoms with Crippen LogP contribution in [0, 0.1) is 0 Å². The fourth-order valence-corrected chi connectivity index (χ4v) is 3.56. The smallest absolute Gasteiger partial charge is 0.267 e. The van der Waals surface area contributed by atoms with Crippen molar-refractivity contribution in [2.45, 2.75) is 3.12 Å². The van der Waals surface area contributed by atoms with Gasteiger partial charge in [0.15, 0.2) is 0 Å². The first kappa shape index (κ1) is 17.7. The Hall–Kier alpha value is -1.11. The van der Waals surface area contributed by atoms with E-state index in [0.29, 0.717) is 33.6 Å².